The summed E-state index contributed by atoms with van der Waals surface area (Å²) in [6.45, 7) is 5.06. The molecule has 0 aliphatic carbocycles. The molecule has 0 bridgehead atoms. The van der Waals surface area contributed by atoms with Crippen LogP contribution >= 0.6 is 0 Å². The quantitative estimate of drug-likeness (QED) is 0.877. The molecule has 1 aromatic carbocycles. The van der Waals surface area contributed by atoms with Crippen LogP contribution in [0.1, 0.15) is 29.8 Å². The van der Waals surface area contributed by atoms with E-state index < -0.39 is 0 Å². The highest BCUT2D eigenvalue weighted by Gasteiger charge is 2.07. The number of carbonyl (C=O) groups excluding carboxylic acids is 1. The predicted octanol–water partition coefficient (Wildman–Crippen LogP) is 2.17. The molecule has 0 aliphatic rings. The zero-order valence-electron chi connectivity index (χ0n) is 12.1. The van der Waals surface area contributed by atoms with Crippen LogP contribution in [0.4, 0.5) is 5.69 Å². The van der Waals surface area contributed by atoms with Crippen LogP contribution < -0.4 is 10.6 Å². The Morgan fingerprint density at radius 2 is 2.00 bits per heavy atom. The molecular weight excluding hydrogens is 252 g/mol. The fourth-order valence-electron chi connectivity index (χ4n) is 1.77. The van der Waals surface area contributed by atoms with Gasteiger partial charge in [-0.2, -0.15) is 5.10 Å². The summed E-state index contributed by atoms with van der Waals surface area (Å²) in [5, 5.41) is 10.2. The molecule has 0 unspecified atom stereocenters. The van der Waals surface area contributed by atoms with Gasteiger partial charge in [0.2, 0.25) is 0 Å². The van der Waals surface area contributed by atoms with E-state index in [0.717, 1.165) is 12.2 Å². The Bertz CT molecular complexity index is 572. The van der Waals surface area contributed by atoms with Crippen LogP contribution in [0.5, 0.6) is 0 Å². The van der Waals surface area contributed by atoms with Crippen molar-refractivity contribution >= 4 is 11.6 Å². The van der Waals surface area contributed by atoms with E-state index in [1.807, 2.05) is 24.3 Å². The Kier molecular flexibility index (Phi) is 4.53. The summed E-state index contributed by atoms with van der Waals surface area (Å²) in [6.07, 6.45) is 3.24. The van der Waals surface area contributed by atoms with Gasteiger partial charge in [-0.3, -0.25) is 9.48 Å². The molecule has 0 saturated heterocycles. The Morgan fingerprint density at radius 3 is 2.55 bits per heavy atom. The molecule has 0 spiro atoms. The summed E-state index contributed by atoms with van der Waals surface area (Å²) in [6, 6.07) is 8.29. The number of benzene rings is 1. The Morgan fingerprint density at radius 1 is 1.30 bits per heavy atom. The zero-order valence-corrected chi connectivity index (χ0v) is 12.1. The van der Waals surface area contributed by atoms with Crippen LogP contribution in [0.2, 0.25) is 0 Å². The Labute approximate surface area is 119 Å². The maximum absolute atomic E-state index is 12.0. The van der Waals surface area contributed by atoms with Crippen molar-refractivity contribution in [2.24, 2.45) is 7.05 Å². The number of amides is 1. The largest absolute Gasteiger partial charge is 0.322 e. The van der Waals surface area contributed by atoms with Gasteiger partial charge in [-0.25, -0.2) is 0 Å². The SMILES string of the molecule is CC(C)NCc1ccc(NC(=O)c2cnn(C)c2)cc1. The second kappa shape index (κ2) is 6.34. The topological polar surface area (TPSA) is 58.9 Å². The number of hydrogen-bond acceptors (Lipinski definition) is 3. The lowest BCUT2D eigenvalue weighted by molar-refractivity contribution is 0.102. The molecule has 2 aromatic rings. The summed E-state index contributed by atoms with van der Waals surface area (Å²) < 4.78 is 1.61. The fourth-order valence-corrected chi connectivity index (χ4v) is 1.77. The van der Waals surface area contributed by atoms with Gasteiger partial charge in [0.05, 0.1) is 11.8 Å². The third-order valence-corrected chi connectivity index (χ3v) is 2.89. The molecule has 5 nitrogen and oxygen atoms in total. The molecule has 2 N–H and O–H groups in total. The van der Waals surface area contributed by atoms with E-state index in [9.17, 15) is 4.79 Å². The van der Waals surface area contributed by atoms with Crippen molar-refractivity contribution in [2.75, 3.05) is 5.32 Å². The number of aromatic nitrogens is 2. The zero-order chi connectivity index (χ0) is 14.5. The van der Waals surface area contributed by atoms with Gasteiger partial charge in [-0.05, 0) is 17.7 Å². The maximum Gasteiger partial charge on any atom is 0.258 e. The number of rotatable bonds is 5. The summed E-state index contributed by atoms with van der Waals surface area (Å²) in [5.41, 5.74) is 2.53. The first-order valence-corrected chi connectivity index (χ1v) is 6.67. The number of carbonyl (C=O) groups is 1. The van der Waals surface area contributed by atoms with Crippen molar-refractivity contribution in [2.45, 2.75) is 26.4 Å². The van der Waals surface area contributed by atoms with E-state index in [4.69, 9.17) is 0 Å². The van der Waals surface area contributed by atoms with Gasteiger partial charge in [0.15, 0.2) is 0 Å². The average Bonchev–Trinajstić information content (AvgIpc) is 2.85. The highest BCUT2D eigenvalue weighted by molar-refractivity contribution is 6.03. The van der Waals surface area contributed by atoms with Crippen molar-refractivity contribution in [3.63, 3.8) is 0 Å². The van der Waals surface area contributed by atoms with E-state index in [1.54, 1.807) is 24.1 Å². The van der Waals surface area contributed by atoms with E-state index in [1.165, 1.54) is 5.56 Å². The number of nitrogens with zero attached hydrogens (tertiary/aromatic N) is 2. The van der Waals surface area contributed by atoms with Crippen LogP contribution in [0.25, 0.3) is 0 Å². The molecule has 1 aromatic heterocycles. The molecule has 0 atom stereocenters. The lowest BCUT2D eigenvalue weighted by Gasteiger charge is -2.09. The first-order valence-electron chi connectivity index (χ1n) is 6.67. The van der Waals surface area contributed by atoms with Gasteiger partial charge in [-0.1, -0.05) is 26.0 Å². The summed E-state index contributed by atoms with van der Waals surface area (Å²) in [4.78, 5) is 12.0. The van der Waals surface area contributed by atoms with E-state index in [0.29, 0.717) is 11.6 Å². The second-order valence-electron chi connectivity index (χ2n) is 5.09. The molecule has 2 rings (SSSR count). The van der Waals surface area contributed by atoms with Crippen molar-refractivity contribution in [3.05, 3.63) is 47.8 Å². The molecule has 0 fully saturated rings. The molecule has 20 heavy (non-hydrogen) atoms. The average molecular weight is 272 g/mol. The van der Waals surface area contributed by atoms with E-state index in [2.05, 4.69) is 29.6 Å². The second-order valence-corrected chi connectivity index (χ2v) is 5.09. The van der Waals surface area contributed by atoms with Crippen LogP contribution in [0.3, 0.4) is 0 Å². The van der Waals surface area contributed by atoms with Crippen molar-refractivity contribution in [1.82, 2.24) is 15.1 Å². The van der Waals surface area contributed by atoms with Crippen molar-refractivity contribution in [1.29, 1.82) is 0 Å². The molecule has 106 valence electrons. The third-order valence-electron chi connectivity index (χ3n) is 2.89. The number of anilines is 1. The number of hydrogen-bond donors (Lipinski definition) is 2. The van der Waals surface area contributed by atoms with Crippen LogP contribution in [-0.2, 0) is 13.6 Å². The molecule has 1 heterocycles. The maximum atomic E-state index is 12.0. The lowest BCUT2D eigenvalue weighted by Crippen LogP contribution is -2.21. The minimum Gasteiger partial charge on any atom is -0.322 e. The smallest absolute Gasteiger partial charge is 0.258 e. The molecule has 0 saturated carbocycles. The van der Waals surface area contributed by atoms with Gasteiger partial charge < -0.3 is 10.6 Å². The molecule has 0 radical (unpaired) electrons. The molecule has 0 aliphatic heterocycles. The minimum absolute atomic E-state index is 0.147. The van der Waals surface area contributed by atoms with Gasteiger partial charge in [-0.15, -0.1) is 0 Å². The van der Waals surface area contributed by atoms with Crippen molar-refractivity contribution < 1.29 is 4.79 Å². The first-order chi connectivity index (χ1) is 9.54. The first kappa shape index (κ1) is 14.3. The highest BCUT2D eigenvalue weighted by Crippen LogP contribution is 2.11. The fraction of sp³-hybridized carbons (Fsp3) is 0.333. The lowest BCUT2D eigenvalue weighted by atomic mass is 10.2. The highest BCUT2D eigenvalue weighted by atomic mass is 16.1. The van der Waals surface area contributed by atoms with Gasteiger partial charge in [0.1, 0.15) is 0 Å². The van der Waals surface area contributed by atoms with E-state index in [-0.39, 0.29) is 5.91 Å². The van der Waals surface area contributed by atoms with Gasteiger partial charge >= 0.3 is 0 Å². The monoisotopic (exact) mass is 272 g/mol. The van der Waals surface area contributed by atoms with E-state index >= 15 is 0 Å². The Balaban J connectivity index is 1.95. The van der Waals surface area contributed by atoms with Gasteiger partial charge in [0, 0.05) is 31.5 Å². The Hall–Kier alpha value is -2.14. The van der Waals surface area contributed by atoms with Crippen molar-refractivity contribution in [3.8, 4) is 0 Å². The van der Waals surface area contributed by atoms with Crippen LogP contribution in [0, 0.1) is 0 Å². The third kappa shape index (κ3) is 3.93. The molecular formula is C15H20N4O. The summed E-state index contributed by atoms with van der Waals surface area (Å²) >= 11 is 0. The standard InChI is InChI=1S/C15H20N4O/c1-11(2)16-8-12-4-6-14(7-5-12)18-15(20)13-9-17-19(3)10-13/h4-7,9-11,16H,8H2,1-3H3,(H,18,20). The summed E-state index contributed by atoms with van der Waals surface area (Å²) in [5.74, 6) is -0.147. The van der Waals surface area contributed by atoms with Crippen LogP contribution in [0.15, 0.2) is 36.7 Å². The van der Waals surface area contributed by atoms with Gasteiger partial charge in [0.25, 0.3) is 5.91 Å². The van der Waals surface area contributed by atoms with Crippen LogP contribution in [-0.4, -0.2) is 21.7 Å². The summed E-state index contributed by atoms with van der Waals surface area (Å²) in [7, 11) is 1.79. The predicted molar refractivity (Wildman–Crippen MR) is 79.6 cm³/mol. The normalized spacial score (nSPS) is 10.8. The minimum atomic E-state index is -0.147. The molecule has 5 heteroatoms. The molecule has 1 amide bonds. The number of nitrogens with one attached hydrogen (secondary N) is 2. The number of aryl methyl sites for hydroxylation is 1.